The lowest BCUT2D eigenvalue weighted by atomic mass is 10.3. The van der Waals surface area contributed by atoms with E-state index in [1.165, 1.54) is 12.1 Å². The van der Waals surface area contributed by atoms with E-state index in [4.69, 9.17) is 55.9 Å². The van der Waals surface area contributed by atoms with E-state index in [2.05, 4.69) is 4.98 Å². The molecule has 0 fully saturated rings. The summed E-state index contributed by atoms with van der Waals surface area (Å²) >= 11 is 22.4. The first-order chi connectivity index (χ1) is 10.3. The van der Waals surface area contributed by atoms with Crippen LogP contribution in [0, 0.1) is 5.82 Å². The third kappa shape index (κ3) is 5.78. The summed E-state index contributed by atoms with van der Waals surface area (Å²) in [5.74, 6) is -0.334. The van der Waals surface area contributed by atoms with Crippen molar-refractivity contribution in [1.82, 2.24) is 4.98 Å². The fourth-order valence-electron chi connectivity index (χ4n) is 1.54. The molecule has 0 saturated carbocycles. The normalized spacial score (nSPS) is 11.5. The minimum atomic E-state index is -1.49. The van der Waals surface area contributed by atoms with Crippen LogP contribution in [0.2, 0.25) is 5.02 Å². The third-order valence-electron chi connectivity index (χ3n) is 2.41. The average molecular weight is 385 g/mol. The molecule has 0 atom stereocenters. The maximum Gasteiger partial charge on any atom is 0.219 e. The van der Waals surface area contributed by atoms with Crippen molar-refractivity contribution in [2.24, 2.45) is 0 Å². The van der Waals surface area contributed by atoms with Gasteiger partial charge in [0.1, 0.15) is 0 Å². The van der Waals surface area contributed by atoms with Crippen molar-refractivity contribution in [3.63, 3.8) is 0 Å². The van der Waals surface area contributed by atoms with Crippen molar-refractivity contribution in [3.05, 3.63) is 52.9 Å². The van der Waals surface area contributed by atoms with E-state index in [1.54, 1.807) is 18.2 Å². The molecule has 0 spiro atoms. The summed E-state index contributed by atoms with van der Waals surface area (Å²) in [6.45, 7) is 0.0600. The SMILES string of the molecule is Fc1cc(Cl)ccc1Oc1cccc(COCC(Cl)(Cl)Cl)n1. The average Bonchev–Trinajstić information content (AvgIpc) is 2.41. The molecule has 3 nitrogen and oxygen atoms in total. The van der Waals surface area contributed by atoms with Gasteiger partial charge in [0.05, 0.1) is 18.9 Å². The maximum atomic E-state index is 13.7. The first-order valence-electron chi connectivity index (χ1n) is 6.07. The first kappa shape index (κ1) is 17.6. The summed E-state index contributed by atoms with van der Waals surface area (Å²) in [5, 5.41) is 0.284. The number of aromatic nitrogens is 1. The summed E-state index contributed by atoms with van der Waals surface area (Å²) in [7, 11) is 0. The van der Waals surface area contributed by atoms with Gasteiger partial charge in [-0.3, -0.25) is 0 Å². The van der Waals surface area contributed by atoms with E-state index >= 15 is 0 Å². The molecule has 0 aliphatic heterocycles. The van der Waals surface area contributed by atoms with Gasteiger partial charge in [-0.2, -0.15) is 0 Å². The summed E-state index contributed by atoms with van der Waals surface area (Å²) in [6, 6.07) is 9.10. The molecule has 2 aromatic rings. The molecule has 0 aliphatic rings. The molecule has 8 heteroatoms. The monoisotopic (exact) mass is 383 g/mol. The zero-order valence-electron chi connectivity index (χ0n) is 11.0. The molecule has 118 valence electrons. The topological polar surface area (TPSA) is 31.4 Å². The van der Waals surface area contributed by atoms with Crippen molar-refractivity contribution in [2.75, 3.05) is 6.61 Å². The fourth-order valence-corrected chi connectivity index (χ4v) is 1.93. The first-order valence-corrected chi connectivity index (χ1v) is 7.58. The predicted molar refractivity (Wildman–Crippen MR) is 85.7 cm³/mol. The van der Waals surface area contributed by atoms with E-state index in [9.17, 15) is 4.39 Å². The zero-order chi connectivity index (χ0) is 16.2. The van der Waals surface area contributed by atoms with Crippen molar-refractivity contribution in [1.29, 1.82) is 0 Å². The second-order valence-electron chi connectivity index (χ2n) is 4.25. The van der Waals surface area contributed by atoms with E-state index in [1.807, 2.05) is 0 Å². The van der Waals surface area contributed by atoms with Crippen molar-refractivity contribution in [2.45, 2.75) is 10.4 Å². The van der Waals surface area contributed by atoms with Crippen molar-refractivity contribution >= 4 is 46.4 Å². The van der Waals surface area contributed by atoms with Crippen LogP contribution in [0.1, 0.15) is 5.69 Å². The third-order valence-corrected chi connectivity index (χ3v) is 2.97. The number of hydrogen-bond acceptors (Lipinski definition) is 3. The molecule has 1 heterocycles. The minimum absolute atomic E-state index is 0.0243. The standard InChI is InChI=1S/C14H10Cl4FNO2/c15-9-4-5-12(11(19)6-9)22-13-3-1-2-10(20-13)7-21-8-14(16,17)18/h1-6H,7-8H2. The van der Waals surface area contributed by atoms with Gasteiger partial charge in [0.15, 0.2) is 11.6 Å². The molecule has 0 unspecified atom stereocenters. The lowest BCUT2D eigenvalue weighted by molar-refractivity contribution is 0.123. The van der Waals surface area contributed by atoms with Gasteiger partial charge in [0, 0.05) is 11.1 Å². The van der Waals surface area contributed by atoms with Gasteiger partial charge < -0.3 is 9.47 Å². The summed E-state index contributed by atoms with van der Waals surface area (Å²) in [5.41, 5.74) is 0.557. The van der Waals surface area contributed by atoms with Gasteiger partial charge in [-0.25, -0.2) is 9.37 Å². The Morgan fingerprint density at radius 3 is 2.59 bits per heavy atom. The molecule has 22 heavy (non-hydrogen) atoms. The van der Waals surface area contributed by atoms with Gasteiger partial charge in [-0.1, -0.05) is 52.5 Å². The molecule has 0 bridgehead atoms. The number of alkyl halides is 3. The van der Waals surface area contributed by atoms with E-state index in [-0.39, 0.29) is 29.9 Å². The number of ether oxygens (including phenoxy) is 2. The largest absolute Gasteiger partial charge is 0.436 e. The van der Waals surface area contributed by atoms with Gasteiger partial charge >= 0.3 is 0 Å². The second kappa shape index (κ2) is 7.66. The molecule has 2 rings (SSSR count). The second-order valence-corrected chi connectivity index (χ2v) is 7.20. The number of hydrogen-bond donors (Lipinski definition) is 0. The molecule has 1 aromatic carbocycles. The van der Waals surface area contributed by atoms with E-state index in [0.717, 1.165) is 6.07 Å². The molecular weight excluding hydrogens is 375 g/mol. The van der Waals surface area contributed by atoms with Gasteiger partial charge in [-0.15, -0.1) is 0 Å². The zero-order valence-corrected chi connectivity index (χ0v) is 14.1. The molecule has 0 N–H and O–H groups in total. The number of halogens is 5. The highest BCUT2D eigenvalue weighted by atomic mass is 35.6. The van der Waals surface area contributed by atoms with E-state index < -0.39 is 9.61 Å². The highest BCUT2D eigenvalue weighted by Crippen LogP contribution is 2.27. The lowest BCUT2D eigenvalue weighted by Crippen LogP contribution is -2.13. The van der Waals surface area contributed by atoms with Gasteiger partial charge in [-0.05, 0) is 24.3 Å². The van der Waals surface area contributed by atoms with Crippen LogP contribution >= 0.6 is 46.4 Å². The highest BCUT2D eigenvalue weighted by molar-refractivity contribution is 6.67. The fraction of sp³-hybridized carbons (Fsp3) is 0.214. The van der Waals surface area contributed by atoms with Crippen LogP contribution in [0.5, 0.6) is 11.6 Å². The summed E-state index contributed by atoms with van der Waals surface area (Å²) in [4.78, 5) is 4.18. The molecule has 0 aliphatic carbocycles. The van der Waals surface area contributed by atoms with Gasteiger partial charge in [0.25, 0.3) is 0 Å². The van der Waals surface area contributed by atoms with Crippen LogP contribution in [0.3, 0.4) is 0 Å². The van der Waals surface area contributed by atoms with E-state index in [0.29, 0.717) is 5.69 Å². The molecule has 0 amide bonds. The Bertz CT molecular complexity index is 649. The number of nitrogens with zero attached hydrogens (tertiary/aromatic N) is 1. The Labute approximate surface area is 146 Å². The summed E-state index contributed by atoms with van der Waals surface area (Å²) in [6.07, 6.45) is 0. The van der Waals surface area contributed by atoms with Crippen LogP contribution < -0.4 is 4.74 Å². The lowest BCUT2D eigenvalue weighted by Gasteiger charge is -2.11. The van der Waals surface area contributed by atoms with Crippen LogP contribution in [0.15, 0.2) is 36.4 Å². The number of pyridine rings is 1. The van der Waals surface area contributed by atoms with Crippen LogP contribution in [0.25, 0.3) is 0 Å². The quantitative estimate of drug-likeness (QED) is 0.633. The van der Waals surface area contributed by atoms with Crippen molar-refractivity contribution < 1.29 is 13.9 Å². The number of benzene rings is 1. The Balaban J connectivity index is 2.02. The Kier molecular flexibility index (Phi) is 6.12. The van der Waals surface area contributed by atoms with Crippen LogP contribution in [-0.4, -0.2) is 15.4 Å². The Morgan fingerprint density at radius 2 is 1.91 bits per heavy atom. The maximum absolute atomic E-state index is 13.7. The molecule has 1 aromatic heterocycles. The van der Waals surface area contributed by atoms with Gasteiger partial charge in [0.2, 0.25) is 9.67 Å². The minimum Gasteiger partial charge on any atom is -0.436 e. The summed E-state index contributed by atoms with van der Waals surface area (Å²) < 4.78 is 22.8. The van der Waals surface area contributed by atoms with Crippen molar-refractivity contribution in [3.8, 4) is 11.6 Å². The molecular formula is C14H10Cl4FNO2. The Hall–Kier alpha value is -0.780. The molecule has 0 radical (unpaired) electrons. The Morgan fingerprint density at radius 1 is 1.14 bits per heavy atom. The van der Waals surface area contributed by atoms with Crippen LogP contribution in [0.4, 0.5) is 4.39 Å². The highest BCUT2D eigenvalue weighted by Gasteiger charge is 2.19. The predicted octanol–water partition coefficient (Wildman–Crippen LogP) is 5.55. The molecule has 0 saturated heterocycles. The van der Waals surface area contributed by atoms with Crippen LogP contribution in [-0.2, 0) is 11.3 Å². The number of rotatable bonds is 5. The smallest absolute Gasteiger partial charge is 0.219 e.